The topological polar surface area (TPSA) is 41.3 Å². The lowest BCUT2D eigenvalue weighted by Gasteiger charge is -2.15. The molecule has 3 heteroatoms. The fourth-order valence-corrected chi connectivity index (χ4v) is 1.31. The lowest BCUT2D eigenvalue weighted by Crippen LogP contribution is -2.36. The van der Waals surface area contributed by atoms with Crippen molar-refractivity contribution in [3.05, 3.63) is 35.4 Å². The molecule has 0 radical (unpaired) electrons. The maximum absolute atomic E-state index is 5.23. The minimum absolute atomic E-state index is 0.728. The standard InChI is InChI=1S/C11H19N3/c1-10-3-5-11(6-4-10)7-8-14(2)9-13-12/h3-6,13H,7-9,12H2,1-2H3. The van der Waals surface area contributed by atoms with Gasteiger partial charge in [0.2, 0.25) is 0 Å². The van der Waals surface area contributed by atoms with Crippen molar-refractivity contribution in [1.29, 1.82) is 0 Å². The summed E-state index contributed by atoms with van der Waals surface area (Å²) in [5, 5.41) is 0. The summed E-state index contributed by atoms with van der Waals surface area (Å²) in [6.45, 7) is 3.85. The van der Waals surface area contributed by atoms with Crippen molar-refractivity contribution >= 4 is 0 Å². The molecule has 0 aliphatic carbocycles. The molecular formula is C11H19N3. The summed E-state index contributed by atoms with van der Waals surface area (Å²) in [6, 6.07) is 8.66. The van der Waals surface area contributed by atoms with Crippen molar-refractivity contribution in [1.82, 2.24) is 10.3 Å². The van der Waals surface area contributed by atoms with Gasteiger partial charge in [-0.05, 0) is 26.0 Å². The zero-order valence-electron chi connectivity index (χ0n) is 8.96. The molecule has 0 heterocycles. The van der Waals surface area contributed by atoms with Gasteiger partial charge in [-0.15, -0.1) is 0 Å². The predicted molar refractivity (Wildman–Crippen MR) is 59.7 cm³/mol. The van der Waals surface area contributed by atoms with Crippen LogP contribution in [0, 0.1) is 6.92 Å². The maximum atomic E-state index is 5.23. The maximum Gasteiger partial charge on any atom is 0.0610 e. The number of hydrogen-bond donors (Lipinski definition) is 2. The molecule has 0 bridgehead atoms. The van der Waals surface area contributed by atoms with E-state index in [4.69, 9.17) is 5.84 Å². The highest BCUT2D eigenvalue weighted by molar-refractivity contribution is 5.21. The smallest absolute Gasteiger partial charge is 0.0610 e. The Balaban J connectivity index is 2.34. The molecule has 1 aromatic carbocycles. The second kappa shape index (κ2) is 5.75. The molecule has 0 saturated heterocycles. The lowest BCUT2D eigenvalue weighted by atomic mass is 10.1. The second-order valence-electron chi connectivity index (χ2n) is 3.68. The highest BCUT2D eigenvalue weighted by Crippen LogP contribution is 2.03. The molecule has 0 amide bonds. The van der Waals surface area contributed by atoms with Crippen LogP contribution in [0.4, 0.5) is 0 Å². The molecule has 0 atom stereocenters. The van der Waals surface area contributed by atoms with Crippen molar-refractivity contribution in [2.75, 3.05) is 20.3 Å². The first kappa shape index (κ1) is 11.2. The van der Waals surface area contributed by atoms with Gasteiger partial charge < -0.3 is 0 Å². The minimum Gasteiger partial charge on any atom is -0.292 e. The van der Waals surface area contributed by atoms with Crippen LogP contribution in [0.2, 0.25) is 0 Å². The molecule has 0 aliphatic rings. The number of benzene rings is 1. The van der Waals surface area contributed by atoms with E-state index >= 15 is 0 Å². The SMILES string of the molecule is Cc1ccc(CCN(C)CNN)cc1. The third kappa shape index (κ3) is 3.87. The third-order valence-corrected chi connectivity index (χ3v) is 2.26. The van der Waals surface area contributed by atoms with Crippen LogP contribution in [0.15, 0.2) is 24.3 Å². The summed E-state index contributed by atoms with van der Waals surface area (Å²) < 4.78 is 0. The van der Waals surface area contributed by atoms with Crippen LogP contribution < -0.4 is 11.3 Å². The molecular weight excluding hydrogens is 174 g/mol. The summed E-state index contributed by atoms with van der Waals surface area (Å²) in [5.74, 6) is 5.23. The quantitative estimate of drug-likeness (QED) is 0.414. The Hall–Kier alpha value is -0.900. The van der Waals surface area contributed by atoms with Gasteiger partial charge in [0.25, 0.3) is 0 Å². The Morgan fingerprint density at radius 1 is 1.29 bits per heavy atom. The summed E-state index contributed by atoms with van der Waals surface area (Å²) in [4.78, 5) is 2.15. The number of hydrogen-bond acceptors (Lipinski definition) is 3. The zero-order valence-corrected chi connectivity index (χ0v) is 8.96. The van der Waals surface area contributed by atoms with E-state index in [2.05, 4.69) is 41.5 Å². The molecule has 78 valence electrons. The number of aryl methyl sites for hydroxylation is 1. The number of likely N-dealkylation sites (N-methyl/N-ethyl adjacent to an activating group) is 1. The average Bonchev–Trinajstić information content (AvgIpc) is 2.17. The van der Waals surface area contributed by atoms with E-state index in [1.54, 1.807) is 0 Å². The molecule has 3 N–H and O–H groups in total. The van der Waals surface area contributed by atoms with Gasteiger partial charge in [0, 0.05) is 6.54 Å². The van der Waals surface area contributed by atoms with Crippen molar-refractivity contribution in [3.63, 3.8) is 0 Å². The number of hydrazine groups is 1. The Morgan fingerprint density at radius 3 is 2.50 bits per heavy atom. The van der Waals surface area contributed by atoms with Gasteiger partial charge in [-0.2, -0.15) is 0 Å². The molecule has 0 aliphatic heterocycles. The zero-order chi connectivity index (χ0) is 10.4. The Morgan fingerprint density at radius 2 is 1.93 bits per heavy atom. The summed E-state index contributed by atoms with van der Waals surface area (Å²) in [5.41, 5.74) is 5.32. The fraction of sp³-hybridized carbons (Fsp3) is 0.455. The highest BCUT2D eigenvalue weighted by Gasteiger charge is 1.97. The van der Waals surface area contributed by atoms with Crippen LogP contribution in [-0.2, 0) is 6.42 Å². The summed E-state index contributed by atoms with van der Waals surface area (Å²) in [6.07, 6.45) is 1.07. The average molecular weight is 193 g/mol. The van der Waals surface area contributed by atoms with Gasteiger partial charge in [0.15, 0.2) is 0 Å². The van der Waals surface area contributed by atoms with E-state index in [1.165, 1.54) is 11.1 Å². The van der Waals surface area contributed by atoms with Crippen molar-refractivity contribution in [2.45, 2.75) is 13.3 Å². The molecule has 0 fully saturated rings. The van der Waals surface area contributed by atoms with Crippen molar-refractivity contribution in [3.8, 4) is 0 Å². The van der Waals surface area contributed by atoms with E-state index < -0.39 is 0 Å². The lowest BCUT2D eigenvalue weighted by molar-refractivity contribution is 0.313. The predicted octanol–water partition coefficient (Wildman–Crippen LogP) is 0.890. The second-order valence-corrected chi connectivity index (χ2v) is 3.68. The van der Waals surface area contributed by atoms with Gasteiger partial charge in [0.1, 0.15) is 0 Å². The van der Waals surface area contributed by atoms with Gasteiger partial charge in [-0.1, -0.05) is 29.8 Å². The van der Waals surface area contributed by atoms with Crippen LogP contribution in [-0.4, -0.2) is 25.2 Å². The van der Waals surface area contributed by atoms with Gasteiger partial charge in [-0.25, -0.2) is 5.43 Å². The molecule has 0 aromatic heterocycles. The van der Waals surface area contributed by atoms with Gasteiger partial charge in [-0.3, -0.25) is 10.7 Å². The van der Waals surface area contributed by atoms with E-state index in [0.717, 1.165) is 19.6 Å². The number of rotatable bonds is 5. The van der Waals surface area contributed by atoms with E-state index in [9.17, 15) is 0 Å². The number of nitrogens with two attached hydrogens (primary N) is 1. The molecule has 1 rings (SSSR count). The normalized spacial score (nSPS) is 10.9. The molecule has 14 heavy (non-hydrogen) atoms. The Bertz CT molecular complexity index is 256. The fourth-order valence-electron chi connectivity index (χ4n) is 1.31. The van der Waals surface area contributed by atoms with E-state index in [1.807, 2.05) is 7.05 Å². The van der Waals surface area contributed by atoms with Crippen LogP contribution in [0.1, 0.15) is 11.1 Å². The largest absolute Gasteiger partial charge is 0.292 e. The van der Waals surface area contributed by atoms with Crippen molar-refractivity contribution < 1.29 is 0 Å². The first-order valence-corrected chi connectivity index (χ1v) is 4.90. The Labute approximate surface area is 85.9 Å². The molecule has 3 nitrogen and oxygen atoms in total. The Kier molecular flexibility index (Phi) is 4.59. The molecule has 1 aromatic rings. The van der Waals surface area contributed by atoms with Crippen LogP contribution in [0.5, 0.6) is 0 Å². The van der Waals surface area contributed by atoms with Crippen LogP contribution >= 0.6 is 0 Å². The van der Waals surface area contributed by atoms with E-state index in [-0.39, 0.29) is 0 Å². The molecule has 0 spiro atoms. The third-order valence-electron chi connectivity index (χ3n) is 2.26. The first-order chi connectivity index (χ1) is 6.72. The highest BCUT2D eigenvalue weighted by atomic mass is 15.3. The van der Waals surface area contributed by atoms with Crippen molar-refractivity contribution in [2.24, 2.45) is 5.84 Å². The first-order valence-electron chi connectivity index (χ1n) is 4.90. The molecule has 0 unspecified atom stereocenters. The van der Waals surface area contributed by atoms with Crippen LogP contribution in [0.3, 0.4) is 0 Å². The van der Waals surface area contributed by atoms with E-state index in [0.29, 0.717) is 0 Å². The van der Waals surface area contributed by atoms with Gasteiger partial charge >= 0.3 is 0 Å². The number of nitrogens with one attached hydrogen (secondary N) is 1. The monoisotopic (exact) mass is 193 g/mol. The minimum atomic E-state index is 0.728. The number of nitrogens with zero attached hydrogens (tertiary/aromatic N) is 1. The summed E-state index contributed by atoms with van der Waals surface area (Å²) >= 11 is 0. The van der Waals surface area contributed by atoms with Crippen LogP contribution in [0.25, 0.3) is 0 Å². The summed E-state index contributed by atoms with van der Waals surface area (Å²) in [7, 11) is 2.05. The molecule has 0 saturated carbocycles. The van der Waals surface area contributed by atoms with Gasteiger partial charge in [0.05, 0.1) is 6.67 Å².